The van der Waals surface area contributed by atoms with E-state index in [0.29, 0.717) is 12.3 Å². The molecule has 2 rings (SSSR count). The van der Waals surface area contributed by atoms with Gasteiger partial charge in [0.25, 0.3) is 0 Å². The molecule has 0 fully saturated rings. The van der Waals surface area contributed by atoms with Gasteiger partial charge in [-0.05, 0) is 5.92 Å². The zero-order valence-electron chi connectivity index (χ0n) is 8.82. The number of nitrogens with zero attached hydrogens (tertiary/aromatic N) is 1. The van der Waals surface area contributed by atoms with Crippen LogP contribution in [-0.4, -0.2) is 27.1 Å². The number of imidazole rings is 1. The molecule has 0 saturated heterocycles. The van der Waals surface area contributed by atoms with Gasteiger partial charge >= 0.3 is 5.97 Å². The van der Waals surface area contributed by atoms with Crippen molar-refractivity contribution in [2.75, 3.05) is 0 Å². The molecule has 0 aromatic carbocycles. The lowest BCUT2D eigenvalue weighted by Gasteiger charge is -2.30. The monoisotopic (exact) mass is 209 g/mol. The fraction of sp³-hybridized carbons (Fsp3) is 0.600. The normalized spacial score (nSPS) is 25.3. The smallest absolute Gasteiger partial charge is 0.321 e. The van der Waals surface area contributed by atoms with Gasteiger partial charge in [-0.3, -0.25) is 10.1 Å². The van der Waals surface area contributed by atoms with Crippen LogP contribution in [0.1, 0.15) is 31.3 Å². The molecular formula is C10H15N3O2. The number of aromatic amines is 1. The van der Waals surface area contributed by atoms with Crippen molar-refractivity contribution in [2.45, 2.75) is 32.4 Å². The fourth-order valence-electron chi connectivity index (χ4n) is 2.00. The third-order valence-corrected chi connectivity index (χ3v) is 2.81. The van der Waals surface area contributed by atoms with E-state index in [1.54, 1.807) is 6.33 Å². The van der Waals surface area contributed by atoms with Gasteiger partial charge in [0, 0.05) is 6.42 Å². The van der Waals surface area contributed by atoms with Crippen LogP contribution in [0, 0.1) is 5.92 Å². The van der Waals surface area contributed by atoms with Crippen LogP contribution in [0.5, 0.6) is 0 Å². The molecule has 0 amide bonds. The number of aromatic nitrogens is 2. The first kappa shape index (κ1) is 10.2. The van der Waals surface area contributed by atoms with Gasteiger partial charge in [0.15, 0.2) is 0 Å². The van der Waals surface area contributed by atoms with Crippen molar-refractivity contribution in [3.8, 4) is 0 Å². The first-order chi connectivity index (χ1) is 7.09. The van der Waals surface area contributed by atoms with Crippen molar-refractivity contribution >= 4 is 5.97 Å². The Hall–Kier alpha value is -1.36. The predicted molar refractivity (Wildman–Crippen MR) is 54.4 cm³/mol. The molecule has 15 heavy (non-hydrogen) atoms. The lowest BCUT2D eigenvalue weighted by Crippen LogP contribution is -2.46. The van der Waals surface area contributed by atoms with Crippen LogP contribution in [0.3, 0.4) is 0 Å². The summed E-state index contributed by atoms with van der Waals surface area (Å²) in [6.07, 6.45) is 2.09. The number of H-pyrrole nitrogens is 1. The van der Waals surface area contributed by atoms with E-state index in [9.17, 15) is 4.79 Å². The van der Waals surface area contributed by atoms with Gasteiger partial charge in [-0.15, -0.1) is 0 Å². The van der Waals surface area contributed by atoms with E-state index >= 15 is 0 Å². The summed E-state index contributed by atoms with van der Waals surface area (Å²) in [7, 11) is 0. The van der Waals surface area contributed by atoms with Gasteiger partial charge in [0.1, 0.15) is 6.04 Å². The number of nitrogens with one attached hydrogen (secondary N) is 2. The molecule has 0 radical (unpaired) electrons. The standard InChI is InChI=1S/C10H15N3O2/c1-5(2)8-9-6(11-4-12-9)3-7(13-8)10(14)15/h4-5,7-8,13H,3H2,1-2H3,(H,11,12)(H,14,15)/t7-,8?/m0/s1. The summed E-state index contributed by atoms with van der Waals surface area (Å²) >= 11 is 0. The Morgan fingerprint density at radius 1 is 1.67 bits per heavy atom. The second-order valence-electron chi connectivity index (χ2n) is 4.25. The quantitative estimate of drug-likeness (QED) is 0.670. The SMILES string of the molecule is CC(C)C1N[C@H](C(=O)O)Cc2nc[nH]c21. The molecule has 1 aromatic rings. The number of rotatable bonds is 2. The molecule has 0 bridgehead atoms. The molecule has 0 saturated carbocycles. The Morgan fingerprint density at radius 2 is 2.40 bits per heavy atom. The van der Waals surface area contributed by atoms with Crippen molar-refractivity contribution in [3.05, 3.63) is 17.7 Å². The lowest BCUT2D eigenvalue weighted by atomic mass is 9.92. The van der Waals surface area contributed by atoms with E-state index in [2.05, 4.69) is 29.1 Å². The summed E-state index contributed by atoms with van der Waals surface area (Å²) in [6, 6.07) is -0.467. The van der Waals surface area contributed by atoms with Gasteiger partial charge in [0.2, 0.25) is 0 Å². The zero-order chi connectivity index (χ0) is 11.0. The highest BCUT2D eigenvalue weighted by molar-refractivity contribution is 5.74. The van der Waals surface area contributed by atoms with Crippen molar-refractivity contribution in [3.63, 3.8) is 0 Å². The summed E-state index contributed by atoms with van der Waals surface area (Å²) < 4.78 is 0. The minimum Gasteiger partial charge on any atom is -0.480 e. The molecule has 0 aliphatic carbocycles. The summed E-state index contributed by atoms with van der Waals surface area (Å²) in [6.45, 7) is 4.12. The third kappa shape index (κ3) is 1.74. The molecule has 5 heteroatoms. The number of carboxylic acids is 1. The number of fused-ring (bicyclic) bond motifs is 1. The van der Waals surface area contributed by atoms with Crippen LogP contribution in [0.2, 0.25) is 0 Å². The van der Waals surface area contributed by atoms with E-state index in [4.69, 9.17) is 5.11 Å². The molecular weight excluding hydrogens is 194 g/mol. The summed E-state index contributed by atoms with van der Waals surface area (Å²) in [5.74, 6) is -0.472. The van der Waals surface area contributed by atoms with Crippen molar-refractivity contribution in [2.24, 2.45) is 5.92 Å². The Labute approximate surface area is 87.9 Å². The number of carbonyl (C=O) groups is 1. The first-order valence-corrected chi connectivity index (χ1v) is 5.10. The third-order valence-electron chi connectivity index (χ3n) is 2.81. The van der Waals surface area contributed by atoms with E-state index in [-0.39, 0.29) is 6.04 Å². The predicted octanol–water partition coefficient (Wildman–Crippen LogP) is 0.706. The Balaban J connectivity index is 2.31. The van der Waals surface area contributed by atoms with Crippen LogP contribution < -0.4 is 5.32 Å². The summed E-state index contributed by atoms with van der Waals surface area (Å²) in [5, 5.41) is 12.1. The number of aliphatic carboxylic acids is 1. The highest BCUT2D eigenvalue weighted by Gasteiger charge is 2.33. The molecule has 2 atom stereocenters. The lowest BCUT2D eigenvalue weighted by molar-refractivity contribution is -0.140. The highest BCUT2D eigenvalue weighted by Crippen LogP contribution is 2.27. The summed E-state index contributed by atoms with van der Waals surface area (Å²) in [5.41, 5.74) is 1.90. The van der Waals surface area contributed by atoms with Crippen molar-refractivity contribution in [1.29, 1.82) is 0 Å². The van der Waals surface area contributed by atoms with Crippen LogP contribution in [-0.2, 0) is 11.2 Å². The average Bonchev–Trinajstić information content (AvgIpc) is 2.62. The molecule has 82 valence electrons. The van der Waals surface area contributed by atoms with Gasteiger partial charge in [-0.2, -0.15) is 0 Å². The van der Waals surface area contributed by atoms with Gasteiger partial charge < -0.3 is 10.1 Å². The van der Waals surface area contributed by atoms with Crippen LogP contribution in [0.25, 0.3) is 0 Å². The summed E-state index contributed by atoms with van der Waals surface area (Å²) in [4.78, 5) is 18.2. The number of hydrogen-bond donors (Lipinski definition) is 3. The number of hydrogen-bond acceptors (Lipinski definition) is 3. The topological polar surface area (TPSA) is 78.0 Å². The molecule has 1 aromatic heterocycles. The Bertz CT molecular complexity index is 372. The van der Waals surface area contributed by atoms with Crippen LogP contribution in [0.4, 0.5) is 0 Å². The van der Waals surface area contributed by atoms with Crippen LogP contribution in [0.15, 0.2) is 6.33 Å². The van der Waals surface area contributed by atoms with E-state index in [1.807, 2.05) is 0 Å². The molecule has 3 N–H and O–H groups in total. The van der Waals surface area contributed by atoms with Crippen molar-refractivity contribution in [1.82, 2.24) is 15.3 Å². The Kier molecular flexibility index (Phi) is 2.48. The highest BCUT2D eigenvalue weighted by atomic mass is 16.4. The molecule has 1 aliphatic rings. The molecule has 2 heterocycles. The maximum absolute atomic E-state index is 11.0. The zero-order valence-corrected chi connectivity index (χ0v) is 8.82. The molecule has 5 nitrogen and oxygen atoms in total. The molecule has 0 spiro atoms. The molecule has 1 unspecified atom stereocenters. The number of carboxylic acid groups (broad SMARTS) is 1. The van der Waals surface area contributed by atoms with Gasteiger partial charge in [0.05, 0.1) is 23.8 Å². The molecule has 1 aliphatic heterocycles. The van der Waals surface area contributed by atoms with Gasteiger partial charge in [-0.1, -0.05) is 13.8 Å². The van der Waals surface area contributed by atoms with E-state index in [0.717, 1.165) is 11.4 Å². The Morgan fingerprint density at radius 3 is 3.00 bits per heavy atom. The maximum atomic E-state index is 11.0. The van der Waals surface area contributed by atoms with Gasteiger partial charge in [-0.25, -0.2) is 4.98 Å². The van der Waals surface area contributed by atoms with E-state index in [1.165, 1.54) is 0 Å². The van der Waals surface area contributed by atoms with Crippen molar-refractivity contribution < 1.29 is 9.90 Å². The van der Waals surface area contributed by atoms with E-state index < -0.39 is 12.0 Å². The first-order valence-electron chi connectivity index (χ1n) is 5.10. The largest absolute Gasteiger partial charge is 0.480 e. The second kappa shape index (κ2) is 3.66. The second-order valence-corrected chi connectivity index (χ2v) is 4.25. The maximum Gasteiger partial charge on any atom is 0.321 e. The van der Waals surface area contributed by atoms with Crippen LogP contribution >= 0.6 is 0 Å². The minimum atomic E-state index is -0.811. The minimum absolute atomic E-state index is 0.0531. The average molecular weight is 209 g/mol. The fourth-order valence-corrected chi connectivity index (χ4v) is 2.00.